The first-order valence-corrected chi connectivity index (χ1v) is 4.27. The van der Waals surface area contributed by atoms with Crippen molar-refractivity contribution < 1.29 is 0 Å². The standard InChI is InChI=1S/C8H21N3/c1-9-6-7-10-5-4-8-11(2)3/h9-10H,4-8H2,1-3H3. The fourth-order valence-electron chi connectivity index (χ4n) is 0.859. The summed E-state index contributed by atoms with van der Waals surface area (Å²) in [4.78, 5) is 2.21. The summed E-state index contributed by atoms with van der Waals surface area (Å²) < 4.78 is 0. The Bertz CT molecular complexity index is 73.7. The van der Waals surface area contributed by atoms with Crippen molar-refractivity contribution in [2.24, 2.45) is 0 Å². The largest absolute Gasteiger partial charge is 0.318 e. The van der Waals surface area contributed by atoms with Crippen LogP contribution < -0.4 is 10.6 Å². The zero-order valence-electron chi connectivity index (χ0n) is 7.98. The van der Waals surface area contributed by atoms with Crippen LogP contribution in [0.15, 0.2) is 0 Å². The minimum absolute atomic E-state index is 1.06. The van der Waals surface area contributed by atoms with E-state index in [1.807, 2.05) is 7.05 Å². The van der Waals surface area contributed by atoms with E-state index in [4.69, 9.17) is 0 Å². The molecule has 68 valence electrons. The molecule has 0 unspecified atom stereocenters. The van der Waals surface area contributed by atoms with E-state index in [9.17, 15) is 0 Å². The summed E-state index contributed by atoms with van der Waals surface area (Å²) in [6.07, 6.45) is 1.23. The van der Waals surface area contributed by atoms with Crippen LogP contribution >= 0.6 is 0 Å². The Balaban J connectivity index is 2.80. The first-order valence-electron chi connectivity index (χ1n) is 4.27. The molecule has 0 atom stereocenters. The molecule has 0 aliphatic rings. The lowest BCUT2D eigenvalue weighted by molar-refractivity contribution is 0.394. The SMILES string of the molecule is CNCCNCCCN(C)C. The third-order valence-corrected chi connectivity index (χ3v) is 1.51. The highest BCUT2D eigenvalue weighted by molar-refractivity contribution is 4.51. The van der Waals surface area contributed by atoms with Crippen molar-refractivity contribution in [3.8, 4) is 0 Å². The van der Waals surface area contributed by atoms with Gasteiger partial charge in [0.2, 0.25) is 0 Å². The molecule has 3 nitrogen and oxygen atoms in total. The van der Waals surface area contributed by atoms with Gasteiger partial charge in [-0.15, -0.1) is 0 Å². The third kappa shape index (κ3) is 9.88. The summed E-state index contributed by atoms with van der Waals surface area (Å²) in [7, 11) is 6.18. The van der Waals surface area contributed by atoms with Gasteiger partial charge in [0.15, 0.2) is 0 Å². The van der Waals surface area contributed by atoms with Gasteiger partial charge in [0.05, 0.1) is 0 Å². The van der Waals surface area contributed by atoms with E-state index in [2.05, 4.69) is 29.6 Å². The predicted octanol–water partition coefficient (Wildman–Crippen LogP) is -0.253. The molecule has 0 spiro atoms. The maximum absolute atomic E-state index is 3.35. The van der Waals surface area contributed by atoms with Gasteiger partial charge < -0.3 is 15.5 Å². The first-order chi connectivity index (χ1) is 5.27. The minimum Gasteiger partial charge on any atom is -0.318 e. The van der Waals surface area contributed by atoms with Gasteiger partial charge in [-0.05, 0) is 40.7 Å². The summed E-state index contributed by atoms with van der Waals surface area (Å²) in [5.74, 6) is 0. The Morgan fingerprint density at radius 1 is 1.09 bits per heavy atom. The second kappa shape index (κ2) is 7.98. The molecule has 3 heteroatoms. The monoisotopic (exact) mass is 159 g/mol. The number of likely N-dealkylation sites (N-methyl/N-ethyl adjacent to an activating group) is 1. The molecule has 0 aromatic heterocycles. The smallest absolute Gasteiger partial charge is 0.00766 e. The topological polar surface area (TPSA) is 27.3 Å². The molecule has 2 N–H and O–H groups in total. The lowest BCUT2D eigenvalue weighted by atomic mass is 10.4. The van der Waals surface area contributed by atoms with Crippen LogP contribution in [-0.2, 0) is 0 Å². The molecule has 0 aromatic carbocycles. The molecule has 0 aromatic rings. The second-order valence-corrected chi connectivity index (χ2v) is 3.01. The van der Waals surface area contributed by atoms with Gasteiger partial charge in [-0.1, -0.05) is 0 Å². The molecule has 0 radical (unpaired) electrons. The van der Waals surface area contributed by atoms with Crippen molar-refractivity contribution in [3.63, 3.8) is 0 Å². The fourth-order valence-corrected chi connectivity index (χ4v) is 0.859. The van der Waals surface area contributed by atoms with E-state index in [-0.39, 0.29) is 0 Å². The quantitative estimate of drug-likeness (QED) is 0.502. The van der Waals surface area contributed by atoms with Gasteiger partial charge in [-0.2, -0.15) is 0 Å². The van der Waals surface area contributed by atoms with Gasteiger partial charge in [0.1, 0.15) is 0 Å². The molecular weight excluding hydrogens is 138 g/mol. The molecule has 0 bridgehead atoms. The average Bonchev–Trinajstić information content (AvgIpc) is 1.96. The maximum atomic E-state index is 3.35. The zero-order chi connectivity index (χ0) is 8.53. The summed E-state index contributed by atoms with van der Waals surface area (Å²) in [5, 5.41) is 6.45. The van der Waals surface area contributed by atoms with E-state index in [0.717, 1.165) is 19.6 Å². The normalized spacial score (nSPS) is 10.9. The van der Waals surface area contributed by atoms with Crippen LogP contribution in [0.1, 0.15) is 6.42 Å². The second-order valence-electron chi connectivity index (χ2n) is 3.01. The third-order valence-electron chi connectivity index (χ3n) is 1.51. The maximum Gasteiger partial charge on any atom is 0.00766 e. The number of rotatable bonds is 7. The molecular formula is C8H21N3. The Morgan fingerprint density at radius 2 is 1.82 bits per heavy atom. The van der Waals surface area contributed by atoms with E-state index >= 15 is 0 Å². The minimum atomic E-state index is 1.06. The van der Waals surface area contributed by atoms with Crippen LogP contribution in [0.2, 0.25) is 0 Å². The van der Waals surface area contributed by atoms with Crippen molar-refractivity contribution in [1.29, 1.82) is 0 Å². The predicted molar refractivity (Wildman–Crippen MR) is 50.0 cm³/mol. The number of nitrogens with one attached hydrogen (secondary N) is 2. The highest BCUT2D eigenvalue weighted by atomic mass is 15.1. The molecule has 0 aliphatic heterocycles. The fraction of sp³-hybridized carbons (Fsp3) is 1.00. The average molecular weight is 159 g/mol. The molecule has 0 rings (SSSR count). The van der Waals surface area contributed by atoms with Crippen LogP contribution in [-0.4, -0.2) is 52.2 Å². The van der Waals surface area contributed by atoms with Gasteiger partial charge in [0.25, 0.3) is 0 Å². The highest BCUT2D eigenvalue weighted by Gasteiger charge is 1.89. The number of hydrogen-bond donors (Lipinski definition) is 2. The van der Waals surface area contributed by atoms with E-state index < -0.39 is 0 Å². The molecule has 11 heavy (non-hydrogen) atoms. The van der Waals surface area contributed by atoms with Gasteiger partial charge >= 0.3 is 0 Å². The van der Waals surface area contributed by atoms with Crippen molar-refractivity contribution >= 4 is 0 Å². The Kier molecular flexibility index (Phi) is 7.89. The van der Waals surface area contributed by atoms with Crippen molar-refractivity contribution in [1.82, 2.24) is 15.5 Å². The summed E-state index contributed by atoms with van der Waals surface area (Å²) in [6, 6.07) is 0. The Morgan fingerprint density at radius 3 is 2.36 bits per heavy atom. The van der Waals surface area contributed by atoms with E-state index in [1.54, 1.807) is 0 Å². The first kappa shape index (κ1) is 10.9. The zero-order valence-corrected chi connectivity index (χ0v) is 7.98. The highest BCUT2D eigenvalue weighted by Crippen LogP contribution is 1.79. The van der Waals surface area contributed by atoms with Crippen molar-refractivity contribution in [2.45, 2.75) is 6.42 Å². The molecule has 0 saturated heterocycles. The summed E-state index contributed by atoms with van der Waals surface area (Å²) >= 11 is 0. The van der Waals surface area contributed by atoms with Crippen LogP contribution in [0.5, 0.6) is 0 Å². The van der Waals surface area contributed by atoms with Crippen molar-refractivity contribution in [3.05, 3.63) is 0 Å². The molecule has 0 heterocycles. The van der Waals surface area contributed by atoms with E-state index in [0.29, 0.717) is 0 Å². The van der Waals surface area contributed by atoms with Gasteiger partial charge in [0, 0.05) is 13.1 Å². The van der Waals surface area contributed by atoms with Crippen LogP contribution in [0, 0.1) is 0 Å². The molecule has 0 saturated carbocycles. The van der Waals surface area contributed by atoms with Crippen LogP contribution in [0.3, 0.4) is 0 Å². The lowest BCUT2D eigenvalue weighted by Gasteiger charge is -2.09. The molecule has 0 fully saturated rings. The molecule has 0 amide bonds. The summed E-state index contributed by atoms with van der Waals surface area (Å²) in [6.45, 7) is 4.43. The van der Waals surface area contributed by atoms with Crippen molar-refractivity contribution in [2.75, 3.05) is 47.3 Å². The van der Waals surface area contributed by atoms with E-state index in [1.165, 1.54) is 13.0 Å². The lowest BCUT2D eigenvalue weighted by Crippen LogP contribution is -2.27. The number of nitrogens with zero attached hydrogens (tertiary/aromatic N) is 1. The number of hydrogen-bond acceptors (Lipinski definition) is 3. The van der Waals surface area contributed by atoms with Crippen LogP contribution in [0.4, 0.5) is 0 Å². The van der Waals surface area contributed by atoms with Gasteiger partial charge in [-0.3, -0.25) is 0 Å². The Hall–Kier alpha value is -0.120. The Labute approximate surface area is 70.2 Å². The van der Waals surface area contributed by atoms with Gasteiger partial charge in [-0.25, -0.2) is 0 Å². The van der Waals surface area contributed by atoms with Crippen LogP contribution in [0.25, 0.3) is 0 Å². The molecule has 0 aliphatic carbocycles. The summed E-state index contributed by atoms with van der Waals surface area (Å²) in [5.41, 5.74) is 0.